The predicted octanol–water partition coefficient (Wildman–Crippen LogP) is 2.43. The zero-order chi connectivity index (χ0) is 16.8. The smallest absolute Gasteiger partial charge is 0.324 e. The number of carbonyl (C=O) groups excluding carboxylic acids is 2. The monoisotopic (exact) mass is 329 g/mol. The molecule has 122 valence electrons. The third-order valence-corrected chi connectivity index (χ3v) is 4.41. The van der Waals surface area contributed by atoms with Crippen LogP contribution in [0.15, 0.2) is 36.5 Å². The molecule has 1 N–H and O–H groups in total. The standard InChI is InChI=1S/C17H13F2N3O2/c18-12-3-1-2-10(16(12)19)13-5-4-9(7-20-13)11-6-14(11)22-15(23)8-21-17(22)24/h1-5,7,11,14H,6,8H2,(H,21,24). The van der Waals surface area contributed by atoms with E-state index in [0.717, 1.165) is 11.6 Å². The van der Waals surface area contributed by atoms with Gasteiger partial charge >= 0.3 is 6.03 Å². The number of nitrogens with zero attached hydrogens (tertiary/aromatic N) is 2. The largest absolute Gasteiger partial charge is 0.329 e. The summed E-state index contributed by atoms with van der Waals surface area (Å²) in [6.07, 6.45) is 2.28. The Hall–Kier alpha value is -2.83. The number of benzene rings is 1. The number of carbonyl (C=O) groups is 2. The maximum absolute atomic E-state index is 13.8. The number of nitrogens with one attached hydrogen (secondary N) is 1. The van der Waals surface area contributed by atoms with Gasteiger partial charge in [-0.15, -0.1) is 0 Å². The van der Waals surface area contributed by atoms with Gasteiger partial charge in [0.25, 0.3) is 0 Å². The van der Waals surface area contributed by atoms with Gasteiger partial charge in [-0.2, -0.15) is 0 Å². The summed E-state index contributed by atoms with van der Waals surface area (Å²) in [6.45, 7) is 0.0398. The van der Waals surface area contributed by atoms with E-state index in [1.165, 1.54) is 17.0 Å². The van der Waals surface area contributed by atoms with Gasteiger partial charge in [-0.25, -0.2) is 13.6 Å². The van der Waals surface area contributed by atoms with Gasteiger partial charge in [-0.3, -0.25) is 14.7 Å². The van der Waals surface area contributed by atoms with Crippen LogP contribution in [-0.2, 0) is 4.79 Å². The van der Waals surface area contributed by atoms with E-state index in [1.54, 1.807) is 18.3 Å². The third kappa shape index (κ3) is 2.33. The van der Waals surface area contributed by atoms with Crippen molar-refractivity contribution in [3.8, 4) is 11.3 Å². The van der Waals surface area contributed by atoms with Crippen molar-refractivity contribution in [1.82, 2.24) is 15.2 Å². The van der Waals surface area contributed by atoms with Gasteiger partial charge in [-0.1, -0.05) is 12.1 Å². The highest BCUT2D eigenvalue weighted by Gasteiger charge is 2.49. The molecule has 2 fully saturated rings. The zero-order valence-corrected chi connectivity index (χ0v) is 12.5. The predicted molar refractivity (Wildman–Crippen MR) is 81.0 cm³/mol. The van der Waals surface area contributed by atoms with Gasteiger partial charge in [0, 0.05) is 23.7 Å². The lowest BCUT2D eigenvalue weighted by Gasteiger charge is -2.12. The molecule has 1 aliphatic carbocycles. The fourth-order valence-electron chi connectivity index (χ4n) is 3.08. The molecule has 7 heteroatoms. The molecule has 2 aromatic rings. The lowest BCUT2D eigenvalue weighted by atomic mass is 10.1. The SMILES string of the molecule is O=C1CNC(=O)N1C1CC1c1ccc(-c2cccc(F)c2F)nc1. The number of hydrogen-bond donors (Lipinski definition) is 1. The Labute approximate surface area is 136 Å². The number of urea groups is 1. The fraction of sp³-hybridized carbons (Fsp3) is 0.235. The molecule has 0 spiro atoms. The topological polar surface area (TPSA) is 62.3 Å². The summed E-state index contributed by atoms with van der Waals surface area (Å²) < 4.78 is 27.1. The first-order valence-corrected chi connectivity index (χ1v) is 7.56. The maximum atomic E-state index is 13.8. The van der Waals surface area contributed by atoms with Gasteiger partial charge in [-0.05, 0) is 30.2 Å². The lowest BCUT2D eigenvalue weighted by molar-refractivity contribution is -0.125. The van der Waals surface area contributed by atoms with Crippen LogP contribution in [0.25, 0.3) is 11.3 Å². The number of hydrogen-bond acceptors (Lipinski definition) is 3. The van der Waals surface area contributed by atoms with Crippen molar-refractivity contribution in [2.45, 2.75) is 18.4 Å². The van der Waals surface area contributed by atoms with Crippen LogP contribution < -0.4 is 5.32 Å². The van der Waals surface area contributed by atoms with Gasteiger partial charge in [0.05, 0.1) is 12.2 Å². The molecule has 24 heavy (non-hydrogen) atoms. The minimum Gasteiger partial charge on any atom is -0.329 e. The molecule has 2 atom stereocenters. The first-order chi connectivity index (χ1) is 11.6. The van der Waals surface area contributed by atoms with Crippen molar-refractivity contribution >= 4 is 11.9 Å². The van der Waals surface area contributed by atoms with Gasteiger partial charge in [0.1, 0.15) is 0 Å². The molecule has 4 rings (SSSR count). The molecular formula is C17H13F2N3O2. The quantitative estimate of drug-likeness (QED) is 0.880. The fourth-order valence-corrected chi connectivity index (χ4v) is 3.08. The second kappa shape index (κ2) is 5.36. The van der Waals surface area contributed by atoms with E-state index >= 15 is 0 Å². The second-order valence-corrected chi connectivity index (χ2v) is 5.91. The number of pyridine rings is 1. The Morgan fingerprint density at radius 2 is 2.00 bits per heavy atom. The number of aromatic nitrogens is 1. The minimum atomic E-state index is -0.929. The van der Waals surface area contributed by atoms with Crippen molar-refractivity contribution < 1.29 is 18.4 Å². The molecule has 2 unspecified atom stereocenters. The summed E-state index contributed by atoms with van der Waals surface area (Å²) in [7, 11) is 0. The molecule has 1 aliphatic heterocycles. The van der Waals surface area contributed by atoms with E-state index in [1.807, 2.05) is 0 Å². The molecule has 2 aliphatic rings. The summed E-state index contributed by atoms with van der Waals surface area (Å²) in [5.74, 6) is -2.03. The molecule has 1 saturated heterocycles. The maximum Gasteiger partial charge on any atom is 0.324 e. The highest BCUT2D eigenvalue weighted by molar-refractivity contribution is 6.02. The van der Waals surface area contributed by atoms with Crippen LogP contribution >= 0.6 is 0 Å². The van der Waals surface area contributed by atoms with Gasteiger partial charge < -0.3 is 5.32 Å². The number of imide groups is 1. The van der Waals surface area contributed by atoms with Crippen molar-refractivity contribution in [3.63, 3.8) is 0 Å². The summed E-state index contributed by atoms with van der Waals surface area (Å²) >= 11 is 0. The van der Waals surface area contributed by atoms with Crippen LogP contribution in [0.1, 0.15) is 17.9 Å². The van der Waals surface area contributed by atoms with E-state index < -0.39 is 11.6 Å². The van der Waals surface area contributed by atoms with Gasteiger partial charge in [0.15, 0.2) is 11.6 Å². The molecule has 0 bridgehead atoms. The van der Waals surface area contributed by atoms with Crippen molar-refractivity contribution in [2.24, 2.45) is 0 Å². The van der Waals surface area contributed by atoms with Crippen LogP contribution in [-0.4, -0.2) is 34.4 Å². The molecule has 1 aromatic heterocycles. The molecule has 0 radical (unpaired) electrons. The zero-order valence-electron chi connectivity index (χ0n) is 12.5. The summed E-state index contributed by atoms with van der Waals surface area (Å²) in [4.78, 5) is 28.8. The van der Waals surface area contributed by atoms with E-state index in [9.17, 15) is 18.4 Å². The van der Waals surface area contributed by atoms with Gasteiger partial charge in [0.2, 0.25) is 5.91 Å². The first-order valence-electron chi connectivity index (χ1n) is 7.56. The first kappa shape index (κ1) is 14.7. The molecule has 3 amide bonds. The number of rotatable bonds is 3. The van der Waals surface area contributed by atoms with Crippen LogP contribution in [0.3, 0.4) is 0 Å². The molecular weight excluding hydrogens is 316 g/mol. The van der Waals surface area contributed by atoms with Crippen molar-refractivity contribution in [3.05, 3.63) is 53.7 Å². The van der Waals surface area contributed by atoms with Crippen LogP contribution in [0.4, 0.5) is 13.6 Å². The normalized spacial score (nSPS) is 22.7. The lowest BCUT2D eigenvalue weighted by Crippen LogP contribution is -2.33. The minimum absolute atomic E-state index is 0.0386. The second-order valence-electron chi connectivity index (χ2n) is 5.91. The average Bonchev–Trinajstić information content (AvgIpc) is 3.29. The Morgan fingerprint density at radius 1 is 1.17 bits per heavy atom. The average molecular weight is 329 g/mol. The van der Waals surface area contributed by atoms with E-state index in [4.69, 9.17) is 0 Å². The highest BCUT2D eigenvalue weighted by Crippen LogP contribution is 2.45. The Kier molecular flexibility index (Phi) is 3.30. The summed E-state index contributed by atoms with van der Waals surface area (Å²) in [5, 5.41) is 2.50. The van der Waals surface area contributed by atoms with Crippen molar-refractivity contribution in [2.75, 3.05) is 6.54 Å². The Balaban J connectivity index is 1.54. The van der Waals surface area contributed by atoms with Crippen LogP contribution in [0.5, 0.6) is 0 Å². The molecule has 2 heterocycles. The summed E-state index contributed by atoms with van der Waals surface area (Å²) in [6, 6.07) is 6.83. The third-order valence-electron chi connectivity index (χ3n) is 4.41. The van der Waals surface area contributed by atoms with E-state index in [2.05, 4.69) is 10.3 Å². The molecule has 5 nitrogen and oxygen atoms in total. The Morgan fingerprint density at radius 3 is 2.67 bits per heavy atom. The van der Waals surface area contributed by atoms with Crippen molar-refractivity contribution in [1.29, 1.82) is 0 Å². The number of halogens is 2. The van der Waals surface area contributed by atoms with Crippen LogP contribution in [0, 0.1) is 11.6 Å². The molecule has 1 saturated carbocycles. The molecule has 1 aromatic carbocycles. The highest BCUT2D eigenvalue weighted by atomic mass is 19.2. The van der Waals surface area contributed by atoms with E-state index in [0.29, 0.717) is 12.1 Å². The Bertz CT molecular complexity index is 822. The van der Waals surface area contributed by atoms with Crippen LogP contribution in [0.2, 0.25) is 0 Å². The summed E-state index contributed by atoms with van der Waals surface area (Å²) in [5.41, 5.74) is 1.30. The van der Waals surface area contributed by atoms with E-state index in [-0.39, 0.29) is 36.0 Å². The number of amides is 3.